The van der Waals surface area contributed by atoms with E-state index in [2.05, 4.69) is 10.2 Å². The average Bonchev–Trinajstić information content (AvgIpc) is 3.16. The molecule has 1 amide bonds. The number of piperidine rings is 3. The highest BCUT2D eigenvalue weighted by molar-refractivity contribution is 5.71. The number of amides is 1. The second-order valence-corrected chi connectivity index (χ2v) is 8.77. The summed E-state index contributed by atoms with van der Waals surface area (Å²) < 4.78 is 45.9. The standard InChI is InChI=1S/C24H25F3N2O2/c25-24(26,27)20-4-2-1-3-18(20)16-5-7-19-17(13-16)6-8-21(19)28-23(30)31-22-14-29-11-9-15(22)10-12-29/h1-5,7,13,15,21-22H,6,8-12,14H2,(H,28,30)/t21?,22-/m1/s1. The van der Waals surface area contributed by atoms with Crippen molar-refractivity contribution in [3.8, 4) is 11.1 Å². The van der Waals surface area contributed by atoms with E-state index in [9.17, 15) is 18.0 Å². The normalized spacial score (nSPS) is 27.1. The highest BCUT2D eigenvalue weighted by Gasteiger charge is 2.37. The van der Waals surface area contributed by atoms with Crippen molar-refractivity contribution in [1.29, 1.82) is 0 Å². The van der Waals surface area contributed by atoms with Gasteiger partial charge in [0.25, 0.3) is 0 Å². The van der Waals surface area contributed by atoms with Crippen molar-refractivity contribution >= 4 is 6.09 Å². The molecule has 2 aromatic rings. The minimum Gasteiger partial charge on any atom is -0.445 e. The van der Waals surface area contributed by atoms with E-state index in [1.54, 1.807) is 12.1 Å². The SMILES string of the molecule is O=C(NC1CCc2cc(-c3ccccc3C(F)(F)F)ccc21)O[C@@H]1CN2CCC1CC2. The summed E-state index contributed by atoms with van der Waals surface area (Å²) in [5.41, 5.74) is 2.02. The van der Waals surface area contributed by atoms with Crippen LogP contribution in [0.4, 0.5) is 18.0 Å². The van der Waals surface area contributed by atoms with Crippen molar-refractivity contribution in [3.05, 3.63) is 59.2 Å². The lowest BCUT2D eigenvalue weighted by molar-refractivity contribution is -0.137. The van der Waals surface area contributed by atoms with Crippen LogP contribution >= 0.6 is 0 Å². The number of nitrogens with zero attached hydrogens (tertiary/aromatic N) is 1. The summed E-state index contributed by atoms with van der Waals surface area (Å²) in [4.78, 5) is 14.9. The molecule has 0 aromatic heterocycles. The van der Waals surface area contributed by atoms with Crippen molar-refractivity contribution in [2.24, 2.45) is 5.92 Å². The molecule has 4 aliphatic rings. The quantitative estimate of drug-likeness (QED) is 0.730. The fourth-order valence-electron chi connectivity index (χ4n) is 5.28. The topological polar surface area (TPSA) is 41.6 Å². The summed E-state index contributed by atoms with van der Waals surface area (Å²) >= 11 is 0. The van der Waals surface area contributed by atoms with Gasteiger partial charge in [-0.15, -0.1) is 0 Å². The number of benzene rings is 2. The maximum Gasteiger partial charge on any atom is 0.417 e. The molecule has 2 atom stereocenters. The average molecular weight is 430 g/mol. The molecule has 2 bridgehead atoms. The van der Waals surface area contributed by atoms with E-state index in [1.165, 1.54) is 12.1 Å². The van der Waals surface area contributed by atoms with Gasteiger partial charge in [-0.2, -0.15) is 13.2 Å². The summed E-state index contributed by atoms with van der Waals surface area (Å²) in [5.74, 6) is 0.447. The molecule has 31 heavy (non-hydrogen) atoms. The number of alkyl halides is 3. The van der Waals surface area contributed by atoms with Gasteiger partial charge >= 0.3 is 12.3 Å². The molecule has 4 nitrogen and oxygen atoms in total. The number of halogens is 3. The Morgan fingerprint density at radius 3 is 2.55 bits per heavy atom. The number of fused-ring (bicyclic) bond motifs is 4. The van der Waals surface area contributed by atoms with E-state index in [1.807, 2.05) is 12.1 Å². The Morgan fingerprint density at radius 2 is 1.84 bits per heavy atom. The molecule has 3 saturated heterocycles. The highest BCUT2D eigenvalue weighted by Crippen LogP contribution is 2.40. The van der Waals surface area contributed by atoms with Crippen molar-refractivity contribution in [3.63, 3.8) is 0 Å². The summed E-state index contributed by atoms with van der Waals surface area (Å²) in [7, 11) is 0. The number of hydrogen-bond acceptors (Lipinski definition) is 3. The Hall–Kier alpha value is -2.54. The first kappa shape index (κ1) is 20.4. The van der Waals surface area contributed by atoms with Gasteiger partial charge in [0.15, 0.2) is 0 Å². The number of nitrogens with one attached hydrogen (secondary N) is 1. The summed E-state index contributed by atoms with van der Waals surface area (Å²) in [6, 6.07) is 10.8. The van der Waals surface area contributed by atoms with Crippen LogP contribution < -0.4 is 5.32 Å². The van der Waals surface area contributed by atoms with Gasteiger partial charge in [0.05, 0.1) is 11.6 Å². The van der Waals surface area contributed by atoms with Gasteiger partial charge < -0.3 is 10.1 Å². The fraction of sp³-hybridized carbons (Fsp3) is 0.458. The summed E-state index contributed by atoms with van der Waals surface area (Å²) in [6.07, 6.45) is -1.28. The Labute approximate surface area is 179 Å². The first-order chi connectivity index (χ1) is 14.9. The van der Waals surface area contributed by atoms with Crippen molar-refractivity contribution in [2.45, 2.75) is 44.0 Å². The maximum atomic E-state index is 13.4. The van der Waals surface area contributed by atoms with Crippen LogP contribution in [0.3, 0.4) is 0 Å². The van der Waals surface area contributed by atoms with Crippen LogP contribution in [0.15, 0.2) is 42.5 Å². The predicted octanol–water partition coefficient (Wildman–Crippen LogP) is 5.18. The maximum absolute atomic E-state index is 13.4. The number of ether oxygens (including phenoxy) is 1. The molecule has 1 aliphatic carbocycles. The molecule has 6 rings (SSSR count). The smallest absolute Gasteiger partial charge is 0.417 e. The number of rotatable bonds is 3. The van der Waals surface area contributed by atoms with E-state index in [0.717, 1.165) is 56.1 Å². The van der Waals surface area contributed by atoms with E-state index in [4.69, 9.17) is 4.74 Å². The number of carbonyl (C=O) groups is 1. The van der Waals surface area contributed by atoms with Crippen molar-refractivity contribution in [2.75, 3.05) is 19.6 Å². The first-order valence-electron chi connectivity index (χ1n) is 10.9. The fourth-order valence-corrected chi connectivity index (χ4v) is 5.28. The van der Waals surface area contributed by atoms with Gasteiger partial charge in [-0.3, -0.25) is 4.90 Å². The van der Waals surface area contributed by atoms with Crippen molar-refractivity contribution < 1.29 is 22.7 Å². The zero-order chi connectivity index (χ0) is 21.6. The van der Waals surface area contributed by atoms with Crippen LogP contribution in [0.2, 0.25) is 0 Å². The lowest BCUT2D eigenvalue weighted by Crippen LogP contribution is -2.52. The molecular formula is C24H25F3N2O2. The second-order valence-electron chi connectivity index (χ2n) is 8.77. The summed E-state index contributed by atoms with van der Waals surface area (Å²) in [6.45, 7) is 2.98. The third kappa shape index (κ3) is 4.03. The van der Waals surface area contributed by atoms with E-state index < -0.39 is 17.8 Å². The molecule has 7 heteroatoms. The van der Waals surface area contributed by atoms with Crippen LogP contribution in [0, 0.1) is 5.92 Å². The monoisotopic (exact) mass is 430 g/mol. The second kappa shape index (κ2) is 7.86. The molecule has 1 N–H and O–H groups in total. The van der Waals surface area contributed by atoms with Gasteiger partial charge in [0.2, 0.25) is 0 Å². The summed E-state index contributed by atoms with van der Waals surface area (Å²) in [5, 5.41) is 2.98. The van der Waals surface area contributed by atoms with Crippen molar-refractivity contribution in [1.82, 2.24) is 10.2 Å². The Morgan fingerprint density at radius 1 is 1.06 bits per heavy atom. The van der Waals surface area contributed by atoms with Gasteiger partial charge in [-0.25, -0.2) is 4.79 Å². The molecule has 3 fully saturated rings. The van der Waals surface area contributed by atoms with Crippen LogP contribution in [-0.4, -0.2) is 36.7 Å². The number of aryl methyl sites for hydroxylation is 1. The predicted molar refractivity (Wildman–Crippen MR) is 111 cm³/mol. The lowest BCUT2D eigenvalue weighted by atomic mass is 9.86. The molecular weight excluding hydrogens is 405 g/mol. The minimum atomic E-state index is -4.40. The molecule has 3 heterocycles. The highest BCUT2D eigenvalue weighted by atomic mass is 19.4. The lowest BCUT2D eigenvalue weighted by Gasteiger charge is -2.43. The Bertz CT molecular complexity index is 983. The van der Waals surface area contributed by atoms with Gasteiger partial charge in [-0.1, -0.05) is 36.4 Å². The third-order valence-electron chi connectivity index (χ3n) is 6.91. The Kier molecular flexibility index (Phi) is 5.16. The zero-order valence-corrected chi connectivity index (χ0v) is 17.1. The molecule has 0 saturated carbocycles. The van der Waals surface area contributed by atoms with Crippen LogP contribution in [0.1, 0.15) is 42.0 Å². The van der Waals surface area contributed by atoms with Gasteiger partial charge in [0.1, 0.15) is 6.10 Å². The Balaban J connectivity index is 1.29. The molecule has 3 aliphatic heterocycles. The first-order valence-corrected chi connectivity index (χ1v) is 10.9. The van der Waals surface area contributed by atoms with E-state index in [-0.39, 0.29) is 17.7 Å². The zero-order valence-electron chi connectivity index (χ0n) is 17.1. The number of carbonyl (C=O) groups excluding carboxylic acids is 1. The van der Waals surface area contributed by atoms with E-state index >= 15 is 0 Å². The minimum absolute atomic E-state index is 0.0513. The number of alkyl carbamates (subject to hydrolysis) is 1. The van der Waals surface area contributed by atoms with E-state index in [0.29, 0.717) is 17.9 Å². The molecule has 1 unspecified atom stereocenters. The van der Waals surface area contributed by atoms with Crippen LogP contribution in [0.5, 0.6) is 0 Å². The van der Waals surface area contributed by atoms with Crippen LogP contribution in [0.25, 0.3) is 11.1 Å². The molecule has 2 aromatic carbocycles. The third-order valence-corrected chi connectivity index (χ3v) is 6.91. The molecule has 0 radical (unpaired) electrons. The van der Waals surface area contributed by atoms with Crippen LogP contribution in [-0.2, 0) is 17.3 Å². The molecule has 0 spiro atoms. The van der Waals surface area contributed by atoms with Gasteiger partial charge in [-0.05, 0) is 73.0 Å². The number of hydrogen-bond donors (Lipinski definition) is 1. The largest absolute Gasteiger partial charge is 0.445 e. The van der Waals surface area contributed by atoms with Gasteiger partial charge in [0, 0.05) is 6.54 Å². The molecule has 164 valence electrons.